The molecule has 1 heterocycles. The summed E-state index contributed by atoms with van der Waals surface area (Å²) in [6.07, 6.45) is 0. The van der Waals surface area contributed by atoms with Crippen molar-refractivity contribution in [3.63, 3.8) is 0 Å². The first kappa shape index (κ1) is 14.6. The van der Waals surface area contributed by atoms with Crippen molar-refractivity contribution in [1.82, 2.24) is 10.2 Å². The number of piperazine rings is 1. The summed E-state index contributed by atoms with van der Waals surface area (Å²) in [6, 6.07) is 8.72. The number of nitrogens with one attached hydrogen (secondary N) is 1. The summed E-state index contributed by atoms with van der Waals surface area (Å²) in [5.41, 5.74) is 1.24. The van der Waals surface area contributed by atoms with Gasteiger partial charge in [-0.3, -0.25) is 4.90 Å². The van der Waals surface area contributed by atoms with Crippen LogP contribution >= 0.6 is 11.6 Å². The van der Waals surface area contributed by atoms with Gasteiger partial charge in [0.25, 0.3) is 0 Å². The molecule has 4 heteroatoms. The lowest BCUT2D eigenvalue weighted by Gasteiger charge is -2.36. The zero-order valence-corrected chi connectivity index (χ0v) is 12.7. The molecule has 1 aliphatic rings. The highest BCUT2D eigenvalue weighted by Gasteiger charge is 2.16. The van der Waals surface area contributed by atoms with E-state index < -0.39 is 0 Å². The second-order valence-electron chi connectivity index (χ2n) is 5.42. The first-order valence-electron chi connectivity index (χ1n) is 7.11. The molecule has 106 valence electrons. The molecule has 0 amide bonds. The van der Waals surface area contributed by atoms with Crippen molar-refractivity contribution in [3.05, 3.63) is 29.3 Å². The fourth-order valence-electron chi connectivity index (χ4n) is 2.41. The maximum absolute atomic E-state index is 6.05. The minimum absolute atomic E-state index is 0.577. The van der Waals surface area contributed by atoms with Gasteiger partial charge in [-0.15, -0.1) is 0 Å². The van der Waals surface area contributed by atoms with E-state index in [1.54, 1.807) is 0 Å². The normalized spacial score (nSPS) is 17.2. The molecule has 19 heavy (non-hydrogen) atoms. The van der Waals surface area contributed by atoms with Gasteiger partial charge in [0, 0.05) is 56.0 Å². The predicted octanol–water partition coefficient (Wildman–Crippen LogP) is 2.46. The van der Waals surface area contributed by atoms with E-state index in [1.165, 1.54) is 5.69 Å². The lowest BCUT2D eigenvalue weighted by molar-refractivity contribution is 0.255. The Balaban J connectivity index is 1.76. The molecule has 0 aliphatic carbocycles. The van der Waals surface area contributed by atoms with Gasteiger partial charge in [-0.2, -0.15) is 0 Å². The van der Waals surface area contributed by atoms with Crippen LogP contribution in [0.25, 0.3) is 0 Å². The number of hydrogen-bond donors (Lipinski definition) is 1. The molecule has 3 nitrogen and oxygen atoms in total. The molecule has 0 saturated carbocycles. The van der Waals surface area contributed by atoms with Crippen LogP contribution in [0.1, 0.15) is 13.8 Å². The van der Waals surface area contributed by atoms with E-state index in [4.69, 9.17) is 11.6 Å². The molecule has 1 N–H and O–H groups in total. The van der Waals surface area contributed by atoms with Crippen LogP contribution in [0.5, 0.6) is 0 Å². The summed E-state index contributed by atoms with van der Waals surface area (Å²) in [6.45, 7) is 11.0. The smallest absolute Gasteiger partial charge is 0.0426 e. The zero-order valence-electron chi connectivity index (χ0n) is 11.9. The van der Waals surface area contributed by atoms with Crippen LogP contribution < -0.4 is 10.2 Å². The SMILES string of the molecule is CC(C)NCCN1CCN(c2cccc(Cl)c2)CC1. The molecule has 0 radical (unpaired) electrons. The molecule has 0 atom stereocenters. The monoisotopic (exact) mass is 281 g/mol. The number of halogens is 1. The lowest BCUT2D eigenvalue weighted by Crippen LogP contribution is -2.48. The molecule has 0 spiro atoms. The van der Waals surface area contributed by atoms with Crippen molar-refractivity contribution in [3.8, 4) is 0 Å². The summed E-state index contributed by atoms with van der Waals surface area (Å²) in [5.74, 6) is 0. The number of anilines is 1. The molecule has 0 aromatic heterocycles. The van der Waals surface area contributed by atoms with Gasteiger partial charge in [0.1, 0.15) is 0 Å². The van der Waals surface area contributed by atoms with Crippen LogP contribution in [0, 0.1) is 0 Å². The van der Waals surface area contributed by atoms with Crippen molar-refractivity contribution in [2.75, 3.05) is 44.2 Å². The Hall–Kier alpha value is -0.770. The molecular weight excluding hydrogens is 258 g/mol. The molecule has 1 saturated heterocycles. The van der Waals surface area contributed by atoms with Crippen LogP contribution in [0.15, 0.2) is 24.3 Å². The number of hydrogen-bond acceptors (Lipinski definition) is 3. The van der Waals surface area contributed by atoms with Crippen LogP contribution in [-0.4, -0.2) is 50.2 Å². The van der Waals surface area contributed by atoms with Crippen LogP contribution in [0.4, 0.5) is 5.69 Å². The Kier molecular flexibility index (Phi) is 5.49. The van der Waals surface area contributed by atoms with Crippen molar-refractivity contribution >= 4 is 17.3 Å². The molecule has 1 aromatic carbocycles. The highest BCUT2D eigenvalue weighted by molar-refractivity contribution is 6.30. The van der Waals surface area contributed by atoms with Crippen LogP contribution in [0.3, 0.4) is 0 Å². The Morgan fingerprint density at radius 3 is 2.58 bits per heavy atom. The van der Waals surface area contributed by atoms with Crippen LogP contribution in [-0.2, 0) is 0 Å². The Labute approximate surface area is 121 Å². The largest absolute Gasteiger partial charge is 0.369 e. The fourth-order valence-corrected chi connectivity index (χ4v) is 2.60. The molecule has 0 bridgehead atoms. The van der Waals surface area contributed by atoms with Crippen molar-refractivity contribution in [2.45, 2.75) is 19.9 Å². The van der Waals surface area contributed by atoms with Gasteiger partial charge in [-0.05, 0) is 18.2 Å². The molecule has 2 rings (SSSR count). The molecule has 1 fully saturated rings. The van der Waals surface area contributed by atoms with E-state index in [-0.39, 0.29) is 0 Å². The molecule has 0 unspecified atom stereocenters. The molecular formula is C15H24ClN3. The third kappa shape index (κ3) is 4.68. The number of nitrogens with zero attached hydrogens (tertiary/aromatic N) is 2. The first-order valence-corrected chi connectivity index (χ1v) is 7.49. The average Bonchev–Trinajstić information content (AvgIpc) is 2.39. The Morgan fingerprint density at radius 1 is 1.21 bits per heavy atom. The van der Waals surface area contributed by atoms with E-state index in [2.05, 4.69) is 41.1 Å². The van der Waals surface area contributed by atoms with E-state index >= 15 is 0 Å². The molecule has 1 aromatic rings. The first-order chi connectivity index (χ1) is 9.15. The lowest BCUT2D eigenvalue weighted by atomic mass is 10.2. The van der Waals surface area contributed by atoms with Crippen molar-refractivity contribution in [2.24, 2.45) is 0 Å². The maximum Gasteiger partial charge on any atom is 0.0426 e. The highest BCUT2D eigenvalue weighted by atomic mass is 35.5. The Bertz CT molecular complexity index is 387. The second kappa shape index (κ2) is 7.13. The van der Waals surface area contributed by atoms with Gasteiger partial charge in [-0.1, -0.05) is 31.5 Å². The second-order valence-corrected chi connectivity index (χ2v) is 5.85. The third-order valence-corrected chi connectivity index (χ3v) is 3.76. The van der Waals surface area contributed by atoms with Crippen LogP contribution in [0.2, 0.25) is 5.02 Å². The maximum atomic E-state index is 6.05. The Morgan fingerprint density at radius 2 is 1.95 bits per heavy atom. The summed E-state index contributed by atoms with van der Waals surface area (Å²) in [4.78, 5) is 4.94. The highest BCUT2D eigenvalue weighted by Crippen LogP contribution is 2.20. The van der Waals surface area contributed by atoms with Crippen molar-refractivity contribution in [1.29, 1.82) is 0 Å². The zero-order chi connectivity index (χ0) is 13.7. The van der Waals surface area contributed by atoms with Gasteiger partial charge in [-0.25, -0.2) is 0 Å². The van der Waals surface area contributed by atoms with E-state index in [9.17, 15) is 0 Å². The third-order valence-electron chi connectivity index (χ3n) is 3.53. The number of benzene rings is 1. The minimum atomic E-state index is 0.577. The summed E-state index contributed by atoms with van der Waals surface area (Å²) >= 11 is 6.05. The predicted molar refractivity (Wildman–Crippen MR) is 83.2 cm³/mol. The van der Waals surface area contributed by atoms with E-state index in [1.807, 2.05) is 12.1 Å². The quantitative estimate of drug-likeness (QED) is 0.894. The summed E-state index contributed by atoms with van der Waals surface area (Å²) in [5, 5.41) is 4.29. The minimum Gasteiger partial charge on any atom is -0.369 e. The van der Waals surface area contributed by atoms with Gasteiger partial charge in [0.05, 0.1) is 0 Å². The molecule has 1 aliphatic heterocycles. The standard InChI is InChI=1S/C15H24ClN3/c1-13(2)17-6-7-18-8-10-19(11-9-18)15-5-3-4-14(16)12-15/h3-5,12-13,17H,6-11H2,1-2H3. The fraction of sp³-hybridized carbons (Fsp3) is 0.600. The van der Waals surface area contributed by atoms with E-state index in [0.717, 1.165) is 44.3 Å². The van der Waals surface area contributed by atoms with Gasteiger partial charge in [0.2, 0.25) is 0 Å². The average molecular weight is 282 g/mol. The summed E-state index contributed by atoms with van der Waals surface area (Å²) < 4.78 is 0. The number of rotatable bonds is 5. The van der Waals surface area contributed by atoms with E-state index in [0.29, 0.717) is 6.04 Å². The van der Waals surface area contributed by atoms with Gasteiger partial charge >= 0.3 is 0 Å². The van der Waals surface area contributed by atoms with Gasteiger partial charge in [0.15, 0.2) is 0 Å². The van der Waals surface area contributed by atoms with Gasteiger partial charge < -0.3 is 10.2 Å². The summed E-state index contributed by atoms with van der Waals surface area (Å²) in [7, 11) is 0. The topological polar surface area (TPSA) is 18.5 Å². The van der Waals surface area contributed by atoms with Crippen molar-refractivity contribution < 1.29 is 0 Å².